The van der Waals surface area contributed by atoms with Gasteiger partial charge in [0.25, 0.3) is 0 Å². The van der Waals surface area contributed by atoms with Gasteiger partial charge < -0.3 is 10.6 Å². The Morgan fingerprint density at radius 1 is 1.25 bits per heavy atom. The molecule has 0 saturated heterocycles. The van der Waals surface area contributed by atoms with Gasteiger partial charge in [-0.3, -0.25) is 14.5 Å². The topological polar surface area (TPSA) is 61.4 Å². The maximum absolute atomic E-state index is 12.1. The fourth-order valence-electron chi connectivity index (χ4n) is 1.65. The molecule has 20 heavy (non-hydrogen) atoms. The third-order valence-corrected chi connectivity index (χ3v) is 3.05. The highest BCUT2D eigenvalue weighted by Gasteiger charge is 2.19. The molecule has 0 saturated carbocycles. The Kier molecular flexibility index (Phi) is 6.73. The molecule has 1 atom stereocenters. The SMILES string of the molecule is CCCNC(=O)CN(C)[C@H](C)C(=O)Nc1ccccc1. The van der Waals surface area contributed by atoms with Crippen LogP contribution >= 0.6 is 0 Å². The average Bonchev–Trinajstić information content (AvgIpc) is 2.45. The Bertz CT molecular complexity index is 434. The number of rotatable bonds is 7. The molecule has 1 rings (SSSR count). The monoisotopic (exact) mass is 277 g/mol. The lowest BCUT2D eigenvalue weighted by Crippen LogP contribution is -2.44. The number of nitrogens with one attached hydrogen (secondary N) is 2. The number of hydrogen-bond acceptors (Lipinski definition) is 3. The lowest BCUT2D eigenvalue weighted by Gasteiger charge is -2.23. The fraction of sp³-hybridized carbons (Fsp3) is 0.467. The van der Waals surface area contributed by atoms with E-state index in [0.717, 1.165) is 12.1 Å². The van der Waals surface area contributed by atoms with Crippen molar-refractivity contribution in [1.29, 1.82) is 0 Å². The minimum Gasteiger partial charge on any atom is -0.355 e. The fourth-order valence-corrected chi connectivity index (χ4v) is 1.65. The lowest BCUT2D eigenvalue weighted by atomic mass is 10.2. The minimum absolute atomic E-state index is 0.0614. The third kappa shape index (κ3) is 5.40. The van der Waals surface area contributed by atoms with E-state index in [0.29, 0.717) is 6.54 Å². The molecule has 2 amide bonds. The average molecular weight is 277 g/mol. The van der Waals surface area contributed by atoms with Crippen molar-refractivity contribution in [3.63, 3.8) is 0 Å². The summed E-state index contributed by atoms with van der Waals surface area (Å²) in [6.45, 7) is 4.66. The zero-order valence-corrected chi connectivity index (χ0v) is 12.3. The first-order chi connectivity index (χ1) is 9.54. The van der Waals surface area contributed by atoms with Gasteiger partial charge in [0.15, 0.2) is 0 Å². The number of hydrogen-bond donors (Lipinski definition) is 2. The largest absolute Gasteiger partial charge is 0.355 e. The van der Waals surface area contributed by atoms with E-state index in [1.807, 2.05) is 37.3 Å². The minimum atomic E-state index is -0.373. The molecule has 0 aromatic heterocycles. The van der Waals surface area contributed by atoms with Gasteiger partial charge in [-0.25, -0.2) is 0 Å². The second-order valence-corrected chi connectivity index (χ2v) is 4.80. The summed E-state index contributed by atoms with van der Waals surface area (Å²) in [7, 11) is 1.76. The smallest absolute Gasteiger partial charge is 0.241 e. The van der Waals surface area contributed by atoms with E-state index in [4.69, 9.17) is 0 Å². The summed E-state index contributed by atoms with van der Waals surface area (Å²) in [6.07, 6.45) is 0.902. The van der Waals surface area contributed by atoms with Crippen LogP contribution in [0.4, 0.5) is 5.69 Å². The van der Waals surface area contributed by atoms with Crippen molar-refractivity contribution < 1.29 is 9.59 Å². The number of para-hydroxylation sites is 1. The summed E-state index contributed by atoms with van der Waals surface area (Å²) in [5.74, 6) is -0.185. The van der Waals surface area contributed by atoms with E-state index in [1.54, 1.807) is 18.9 Å². The number of benzene rings is 1. The molecule has 5 heteroatoms. The van der Waals surface area contributed by atoms with Crippen molar-refractivity contribution >= 4 is 17.5 Å². The van der Waals surface area contributed by atoms with Crippen LogP contribution in [-0.4, -0.2) is 42.9 Å². The first-order valence-electron chi connectivity index (χ1n) is 6.87. The quantitative estimate of drug-likeness (QED) is 0.793. The molecule has 0 aliphatic carbocycles. The van der Waals surface area contributed by atoms with E-state index in [9.17, 15) is 9.59 Å². The number of carbonyl (C=O) groups excluding carboxylic acids is 2. The number of anilines is 1. The molecule has 0 aliphatic heterocycles. The first-order valence-corrected chi connectivity index (χ1v) is 6.87. The van der Waals surface area contributed by atoms with Crippen molar-refractivity contribution in [2.75, 3.05) is 25.5 Å². The Hall–Kier alpha value is -1.88. The van der Waals surface area contributed by atoms with Gasteiger partial charge in [-0.05, 0) is 32.5 Å². The predicted molar refractivity (Wildman–Crippen MR) is 80.5 cm³/mol. The first kappa shape index (κ1) is 16.2. The molecule has 0 radical (unpaired) electrons. The van der Waals surface area contributed by atoms with Crippen LogP contribution in [0.1, 0.15) is 20.3 Å². The molecular formula is C15H23N3O2. The second kappa shape index (κ2) is 8.32. The van der Waals surface area contributed by atoms with Crippen molar-refractivity contribution in [3.05, 3.63) is 30.3 Å². The number of carbonyl (C=O) groups is 2. The van der Waals surface area contributed by atoms with E-state index in [1.165, 1.54) is 0 Å². The van der Waals surface area contributed by atoms with Gasteiger partial charge in [0, 0.05) is 12.2 Å². The second-order valence-electron chi connectivity index (χ2n) is 4.80. The standard InChI is InChI=1S/C15H23N3O2/c1-4-10-16-14(19)11-18(3)12(2)15(20)17-13-8-6-5-7-9-13/h5-9,12H,4,10-11H2,1-3H3,(H,16,19)(H,17,20)/t12-/m1/s1. The van der Waals surface area contributed by atoms with Gasteiger partial charge >= 0.3 is 0 Å². The highest BCUT2D eigenvalue weighted by Crippen LogP contribution is 2.07. The van der Waals surface area contributed by atoms with Crippen LogP contribution in [0.15, 0.2) is 30.3 Å². The van der Waals surface area contributed by atoms with Gasteiger partial charge in [0.2, 0.25) is 11.8 Å². The van der Waals surface area contributed by atoms with Gasteiger partial charge in [-0.2, -0.15) is 0 Å². The third-order valence-electron chi connectivity index (χ3n) is 3.05. The maximum Gasteiger partial charge on any atom is 0.241 e. The molecule has 1 aromatic carbocycles. The molecule has 0 heterocycles. The molecule has 110 valence electrons. The van der Waals surface area contributed by atoms with Crippen LogP contribution in [0.3, 0.4) is 0 Å². The molecule has 0 unspecified atom stereocenters. The zero-order chi connectivity index (χ0) is 15.0. The van der Waals surface area contributed by atoms with E-state index < -0.39 is 0 Å². The number of nitrogens with zero attached hydrogens (tertiary/aromatic N) is 1. The van der Waals surface area contributed by atoms with Gasteiger partial charge in [0.1, 0.15) is 0 Å². The summed E-state index contributed by atoms with van der Waals surface area (Å²) >= 11 is 0. The van der Waals surface area contributed by atoms with Gasteiger partial charge in [0.05, 0.1) is 12.6 Å². The zero-order valence-electron chi connectivity index (χ0n) is 12.3. The molecule has 0 fully saturated rings. The van der Waals surface area contributed by atoms with Crippen LogP contribution in [0.25, 0.3) is 0 Å². The Morgan fingerprint density at radius 3 is 2.50 bits per heavy atom. The summed E-state index contributed by atoms with van der Waals surface area (Å²) in [4.78, 5) is 25.4. The molecule has 5 nitrogen and oxygen atoms in total. The van der Waals surface area contributed by atoms with E-state index in [-0.39, 0.29) is 24.4 Å². The summed E-state index contributed by atoms with van der Waals surface area (Å²) in [6, 6.07) is 8.91. The highest BCUT2D eigenvalue weighted by atomic mass is 16.2. The summed E-state index contributed by atoms with van der Waals surface area (Å²) in [5, 5.41) is 5.62. The van der Waals surface area contributed by atoms with Gasteiger partial charge in [-0.15, -0.1) is 0 Å². The molecule has 0 bridgehead atoms. The van der Waals surface area contributed by atoms with E-state index >= 15 is 0 Å². The highest BCUT2D eigenvalue weighted by molar-refractivity contribution is 5.94. The van der Waals surface area contributed by atoms with E-state index in [2.05, 4.69) is 10.6 Å². The molecule has 0 aliphatic rings. The number of amides is 2. The van der Waals surface area contributed by atoms with Crippen LogP contribution in [0, 0.1) is 0 Å². The summed E-state index contributed by atoms with van der Waals surface area (Å²) < 4.78 is 0. The summed E-state index contributed by atoms with van der Waals surface area (Å²) in [5.41, 5.74) is 0.758. The predicted octanol–water partition coefficient (Wildman–Crippen LogP) is 1.47. The lowest BCUT2D eigenvalue weighted by molar-refractivity contribution is -0.124. The van der Waals surface area contributed by atoms with Gasteiger partial charge in [-0.1, -0.05) is 25.1 Å². The molecular weight excluding hydrogens is 254 g/mol. The maximum atomic E-state index is 12.1. The van der Waals surface area contributed by atoms with Crippen LogP contribution in [0.2, 0.25) is 0 Å². The molecule has 2 N–H and O–H groups in total. The van der Waals surface area contributed by atoms with Crippen LogP contribution in [0.5, 0.6) is 0 Å². The van der Waals surface area contributed by atoms with Crippen molar-refractivity contribution in [2.45, 2.75) is 26.3 Å². The Balaban J connectivity index is 2.45. The van der Waals surface area contributed by atoms with Crippen molar-refractivity contribution in [2.24, 2.45) is 0 Å². The van der Waals surface area contributed by atoms with Crippen LogP contribution < -0.4 is 10.6 Å². The normalized spacial score (nSPS) is 12.0. The molecule has 1 aromatic rings. The van der Waals surface area contributed by atoms with Crippen molar-refractivity contribution in [1.82, 2.24) is 10.2 Å². The van der Waals surface area contributed by atoms with Crippen molar-refractivity contribution in [3.8, 4) is 0 Å². The van der Waals surface area contributed by atoms with Crippen LogP contribution in [-0.2, 0) is 9.59 Å². The Labute approximate surface area is 120 Å². The molecule has 0 spiro atoms. The number of likely N-dealkylation sites (N-methyl/N-ethyl adjacent to an activating group) is 1. The Morgan fingerprint density at radius 2 is 1.90 bits per heavy atom.